The average Bonchev–Trinajstić information content (AvgIpc) is 2.64. The zero-order chi connectivity index (χ0) is 14.0. The first-order chi connectivity index (χ1) is 9.11. The molecule has 0 aliphatic heterocycles. The van der Waals surface area contributed by atoms with Crippen molar-refractivity contribution in [3.8, 4) is 5.75 Å². The average molecular weight is 270 g/mol. The Kier molecular flexibility index (Phi) is 4.30. The molecule has 2 rings (SSSR count). The molecule has 0 saturated carbocycles. The predicted octanol–water partition coefficient (Wildman–Crippen LogP) is 4.62. The van der Waals surface area contributed by atoms with E-state index < -0.39 is 0 Å². The number of methoxy groups -OCH3 is 1. The number of para-hydroxylation sites is 1. The van der Waals surface area contributed by atoms with E-state index >= 15 is 0 Å². The largest absolute Gasteiger partial charge is 0.496 e. The lowest BCUT2D eigenvalue weighted by molar-refractivity contribution is 0.409. The van der Waals surface area contributed by atoms with Gasteiger partial charge in [0, 0.05) is 21.0 Å². The van der Waals surface area contributed by atoms with Gasteiger partial charge in [-0.3, -0.25) is 0 Å². The van der Waals surface area contributed by atoms with E-state index in [0.29, 0.717) is 5.92 Å². The van der Waals surface area contributed by atoms with E-state index in [1.165, 1.54) is 28.3 Å². The van der Waals surface area contributed by atoms with Crippen molar-refractivity contribution in [2.45, 2.75) is 39.3 Å². The highest BCUT2D eigenvalue weighted by molar-refractivity contribution is 6.34. The maximum atomic E-state index is 5.56. The molecule has 2 heteroatoms. The van der Waals surface area contributed by atoms with Gasteiger partial charge in [0.2, 0.25) is 0 Å². The number of hydrogen-bond acceptors (Lipinski definition) is 1. The van der Waals surface area contributed by atoms with Crippen LogP contribution in [0.3, 0.4) is 0 Å². The van der Waals surface area contributed by atoms with Crippen molar-refractivity contribution >= 4 is 9.52 Å². The van der Waals surface area contributed by atoms with Crippen molar-refractivity contribution in [1.29, 1.82) is 0 Å². The monoisotopic (exact) mass is 270 g/mol. The summed E-state index contributed by atoms with van der Waals surface area (Å²) in [4.78, 5) is 0. The molecule has 1 aromatic rings. The van der Waals surface area contributed by atoms with Crippen LogP contribution in [0.4, 0.5) is 0 Å². The minimum atomic E-state index is 0.420. The van der Waals surface area contributed by atoms with Crippen LogP contribution in [0, 0.1) is 0 Å². The molecule has 0 aromatic heterocycles. The first-order valence-corrected chi connectivity index (χ1v) is 8.47. The second kappa shape index (κ2) is 5.79. The molecule has 1 unspecified atom stereocenters. The molecule has 0 fully saturated rings. The minimum Gasteiger partial charge on any atom is -0.496 e. The molecular formula is C17H22OSi. The van der Waals surface area contributed by atoms with Crippen LogP contribution >= 0.6 is 0 Å². The Morgan fingerprint density at radius 1 is 1.11 bits per heavy atom. The molecular weight excluding hydrogens is 248 g/mol. The van der Waals surface area contributed by atoms with Crippen LogP contribution < -0.4 is 4.74 Å². The van der Waals surface area contributed by atoms with Gasteiger partial charge in [0.15, 0.2) is 0 Å². The molecule has 0 amide bonds. The Morgan fingerprint density at radius 2 is 1.79 bits per heavy atom. The van der Waals surface area contributed by atoms with Gasteiger partial charge >= 0.3 is 0 Å². The summed E-state index contributed by atoms with van der Waals surface area (Å²) < 4.78 is 5.56. The Morgan fingerprint density at radius 3 is 2.42 bits per heavy atom. The Labute approximate surface area is 119 Å². The Bertz CT molecular complexity index is 540. The van der Waals surface area contributed by atoms with Crippen LogP contribution in [0.15, 0.2) is 46.6 Å². The summed E-state index contributed by atoms with van der Waals surface area (Å²) in [6.45, 7) is 9.06. The fourth-order valence-corrected chi connectivity index (χ4v) is 3.83. The summed E-state index contributed by atoms with van der Waals surface area (Å²) in [7, 11) is 2.72. The van der Waals surface area contributed by atoms with E-state index in [-0.39, 0.29) is 0 Å². The van der Waals surface area contributed by atoms with Crippen molar-refractivity contribution in [3.05, 3.63) is 52.1 Å². The van der Waals surface area contributed by atoms with Crippen LogP contribution in [-0.2, 0) is 0 Å². The molecule has 1 aliphatic rings. The summed E-state index contributed by atoms with van der Waals surface area (Å²) >= 11 is 0. The third-order valence-corrected chi connectivity index (χ3v) is 4.97. The number of ether oxygens (including phenoxy) is 1. The topological polar surface area (TPSA) is 9.23 Å². The van der Waals surface area contributed by atoms with Gasteiger partial charge < -0.3 is 4.74 Å². The normalized spacial score (nSPS) is 19.3. The Hall–Kier alpha value is -1.28. The molecule has 1 nitrogen and oxygen atoms in total. The maximum absolute atomic E-state index is 5.56. The summed E-state index contributed by atoms with van der Waals surface area (Å²) in [5.74, 6) is 1.43. The van der Waals surface area contributed by atoms with Gasteiger partial charge in [0.05, 0.1) is 7.11 Å². The maximum Gasteiger partial charge on any atom is 0.122 e. The van der Waals surface area contributed by atoms with Crippen LogP contribution in [0.1, 0.15) is 32.3 Å². The number of hydrogen-bond donors (Lipinski definition) is 0. The predicted molar refractivity (Wildman–Crippen MR) is 83.2 cm³/mol. The van der Waals surface area contributed by atoms with Crippen molar-refractivity contribution in [3.63, 3.8) is 0 Å². The second-order valence-electron chi connectivity index (χ2n) is 5.16. The first-order valence-electron chi connectivity index (χ1n) is 6.76. The molecule has 1 aromatic carbocycles. The van der Waals surface area contributed by atoms with Gasteiger partial charge in [-0.1, -0.05) is 35.9 Å². The van der Waals surface area contributed by atoms with Gasteiger partial charge in [-0.2, -0.15) is 0 Å². The highest BCUT2D eigenvalue weighted by Gasteiger charge is 2.29. The lowest BCUT2D eigenvalue weighted by atomic mass is 9.88. The van der Waals surface area contributed by atoms with Gasteiger partial charge in [0.1, 0.15) is 5.75 Å². The number of allylic oxidation sites excluding steroid dienone is 4. The summed E-state index contributed by atoms with van der Waals surface area (Å²) in [5.41, 5.74) is 7.33. The van der Waals surface area contributed by atoms with Gasteiger partial charge in [-0.05, 0) is 44.0 Å². The van der Waals surface area contributed by atoms with Gasteiger partial charge in [-0.15, -0.1) is 0 Å². The van der Waals surface area contributed by atoms with Crippen LogP contribution in [0.2, 0.25) is 12.6 Å². The highest BCUT2D eigenvalue weighted by Crippen LogP contribution is 2.47. The molecule has 0 bridgehead atoms. The van der Waals surface area contributed by atoms with Crippen LogP contribution in [0.25, 0.3) is 0 Å². The molecule has 100 valence electrons. The highest BCUT2D eigenvalue weighted by atomic mass is 28.2. The zero-order valence-corrected chi connectivity index (χ0v) is 13.5. The SMILES string of the molecule is COc1ccccc1C1C(C)=C(C)C(C)=C1C[Si]C. The molecule has 0 heterocycles. The summed E-state index contributed by atoms with van der Waals surface area (Å²) in [6.07, 6.45) is 0. The van der Waals surface area contributed by atoms with Crippen molar-refractivity contribution in [1.82, 2.24) is 0 Å². The second-order valence-corrected chi connectivity index (χ2v) is 6.22. The molecule has 1 aliphatic carbocycles. The number of benzene rings is 1. The van der Waals surface area contributed by atoms with Crippen molar-refractivity contribution in [2.75, 3.05) is 7.11 Å². The molecule has 2 radical (unpaired) electrons. The summed E-state index contributed by atoms with van der Waals surface area (Å²) in [5, 5.41) is 0. The fourth-order valence-electron chi connectivity index (χ4n) is 2.98. The third kappa shape index (κ3) is 2.42. The van der Waals surface area contributed by atoms with E-state index in [1.54, 1.807) is 12.7 Å². The molecule has 0 saturated heterocycles. The smallest absolute Gasteiger partial charge is 0.122 e. The zero-order valence-electron chi connectivity index (χ0n) is 12.5. The quantitative estimate of drug-likeness (QED) is 0.726. The Balaban J connectivity index is 2.53. The molecule has 1 atom stereocenters. The van der Waals surface area contributed by atoms with Crippen molar-refractivity contribution < 1.29 is 4.74 Å². The van der Waals surface area contributed by atoms with Gasteiger partial charge in [0.25, 0.3) is 0 Å². The summed E-state index contributed by atoms with van der Waals surface area (Å²) in [6, 6.07) is 9.62. The minimum absolute atomic E-state index is 0.420. The third-order valence-electron chi connectivity index (χ3n) is 4.23. The lowest BCUT2D eigenvalue weighted by Gasteiger charge is -2.20. The van der Waals surface area contributed by atoms with Crippen LogP contribution in [-0.4, -0.2) is 16.6 Å². The molecule has 0 N–H and O–H groups in total. The number of rotatable bonds is 4. The molecule has 19 heavy (non-hydrogen) atoms. The first kappa shape index (κ1) is 14.1. The van der Waals surface area contributed by atoms with E-state index in [9.17, 15) is 0 Å². The standard InChI is InChI=1S/C17H22OSi/c1-11-12(2)15(10-19-5)17(13(11)3)14-8-6-7-9-16(14)18-4/h6-9,17H,10H2,1-5H3. The van der Waals surface area contributed by atoms with E-state index in [2.05, 4.69) is 45.5 Å². The van der Waals surface area contributed by atoms with E-state index in [0.717, 1.165) is 15.3 Å². The van der Waals surface area contributed by atoms with E-state index in [1.807, 2.05) is 6.07 Å². The van der Waals surface area contributed by atoms with Crippen LogP contribution in [0.5, 0.6) is 5.75 Å². The van der Waals surface area contributed by atoms with Crippen molar-refractivity contribution in [2.24, 2.45) is 0 Å². The van der Waals surface area contributed by atoms with Gasteiger partial charge in [-0.25, -0.2) is 0 Å². The fraction of sp³-hybridized carbons (Fsp3) is 0.412. The lowest BCUT2D eigenvalue weighted by Crippen LogP contribution is -2.05. The molecule has 0 spiro atoms. The van der Waals surface area contributed by atoms with E-state index in [4.69, 9.17) is 4.74 Å².